The second-order valence-corrected chi connectivity index (χ2v) is 5.65. The van der Waals surface area contributed by atoms with Crippen LogP contribution >= 0.6 is 11.3 Å². The SMILES string of the molecule is CNC(Cc1nc2ccccc2s1)c1ccccc1. The minimum atomic E-state index is 0.321. The summed E-state index contributed by atoms with van der Waals surface area (Å²) >= 11 is 1.78. The van der Waals surface area contributed by atoms with E-state index in [4.69, 9.17) is 4.98 Å². The fourth-order valence-corrected chi connectivity index (χ4v) is 3.27. The van der Waals surface area contributed by atoms with Crippen LogP contribution in [0.1, 0.15) is 16.6 Å². The molecule has 96 valence electrons. The molecule has 3 rings (SSSR count). The number of benzene rings is 2. The van der Waals surface area contributed by atoms with Crippen molar-refractivity contribution in [1.29, 1.82) is 0 Å². The first kappa shape index (κ1) is 12.3. The average Bonchev–Trinajstić information content (AvgIpc) is 2.88. The summed E-state index contributed by atoms with van der Waals surface area (Å²) in [4.78, 5) is 4.70. The number of likely N-dealkylation sites (N-methyl/N-ethyl adjacent to an activating group) is 1. The van der Waals surface area contributed by atoms with Gasteiger partial charge in [0.25, 0.3) is 0 Å². The third-order valence-electron chi connectivity index (χ3n) is 3.27. The van der Waals surface area contributed by atoms with Gasteiger partial charge in [-0.15, -0.1) is 11.3 Å². The van der Waals surface area contributed by atoms with Crippen molar-refractivity contribution in [3.05, 3.63) is 65.2 Å². The Kier molecular flexibility index (Phi) is 3.58. The van der Waals surface area contributed by atoms with Gasteiger partial charge in [-0.25, -0.2) is 4.98 Å². The molecule has 0 spiro atoms. The first-order valence-corrected chi connectivity index (χ1v) is 7.25. The molecular formula is C16H16N2S. The van der Waals surface area contributed by atoms with Crippen LogP contribution in [0.5, 0.6) is 0 Å². The van der Waals surface area contributed by atoms with Gasteiger partial charge in [0, 0.05) is 12.5 Å². The number of aromatic nitrogens is 1. The Morgan fingerprint density at radius 3 is 2.53 bits per heavy atom. The summed E-state index contributed by atoms with van der Waals surface area (Å²) in [5.74, 6) is 0. The van der Waals surface area contributed by atoms with Gasteiger partial charge in [-0.1, -0.05) is 42.5 Å². The summed E-state index contributed by atoms with van der Waals surface area (Å²) in [7, 11) is 2.00. The molecule has 0 bridgehead atoms. The largest absolute Gasteiger partial charge is 0.313 e. The van der Waals surface area contributed by atoms with Gasteiger partial charge in [0.15, 0.2) is 0 Å². The molecule has 0 aliphatic heterocycles. The highest BCUT2D eigenvalue weighted by Crippen LogP contribution is 2.25. The zero-order chi connectivity index (χ0) is 13.1. The minimum absolute atomic E-state index is 0.321. The van der Waals surface area contributed by atoms with E-state index < -0.39 is 0 Å². The molecule has 0 fully saturated rings. The third-order valence-corrected chi connectivity index (χ3v) is 4.33. The average molecular weight is 268 g/mol. The van der Waals surface area contributed by atoms with Gasteiger partial charge in [-0.3, -0.25) is 0 Å². The lowest BCUT2D eigenvalue weighted by Gasteiger charge is -2.14. The molecule has 0 saturated carbocycles. The number of fused-ring (bicyclic) bond motifs is 1. The van der Waals surface area contributed by atoms with Crippen molar-refractivity contribution >= 4 is 21.6 Å². The van der Waals surface area contributed by atoms with Crippen molar-refractivity contribution in [2.45, 2.75) is 12.5 Å². The van der Waals surface area contributed by atoms with Gasteiger partial charge < -0.3 is 5.32 Å². The number of para-hydroxylation sites is 1. The highest BCUT2D eigenvalue weighted by molar-refractivity contribution is 7.18. The van der Waals surface area contributed by atoms with E-state index in [2.05, 4.69) is 47.8 Å². The molecule has 1 aromatic heterocycles. The molecule has 3 aromatic rings. The summed E-state index contributed by atoms with van der Waals surface area (Å²) in [6, 6.07) is 19.2. The Bertz CT molecular complexity index is 628. The van der Waals surface area contributed by atoms with Crippen LogP contribution in [0.25, 0.3) is 10.2 Å². The van der Waals surface area contributed by atoms with E-state index in [9.17, 15) is 0 Å². The molecule has 0 amide bonds. The van der Waals surface area contributed by atoms with E-state index in [1.807, 2.05) is 19.2 Å². The molecule has 1 heterocycles. The monoisotopic (exact) mass is 268 g/mol. The van der Waals surface area contributed by atoms with Crippen LogP contribution < -0.4 is 5.32 Å². The molecule has 1 atom stereocenters. The van der Waals surface area contributed by atoms with Crippen molar-refractivity contribution < 1.29 is 0 Å². The zero-order valence-electron chi connectivity index (χ0n) is 10.8. The van der Waals surface area contributed by atoms with Crippen molar-refractivity contribution in [3.8, 4) is 0 Å². The van der Waals surface area contributed by atoms with E-state index in [1.54, 1.807) is 11.3 Å². The van der Waals surface area contributed by atoms with Crippen LogP contribution in [-0.2, 0) is 6.42 Å². The van der Waals surface area contributed by atoms with E-state index in [-0.39, 0.29) is 0 Å². The van der Waals surface area contributed by atoms with Crippen molar-refractivity contribution in [1.82, 2.24) is 10.3 Å². The van der Waals surface area contributed by atoms with Crippen molar-refractivity contribution in [2.75, 3.05) is 7.05 Å². The zero-order valence-corrected chi connectivity index (χ0v) is 11.7. The normalized spacial score (nSPS) is 12.7. The Labute approximate surface area is 117 Å². The first-order chi connectivity index (χ1) is 9.36. The van der Waals surface area contributed by atoms with E-state index >= 15 is 0 Å². The molecule has 2 nitrogen and oxygen atoms in total. The van der Waals surface area contributed by atoms with Crippen LogP contribution in [0, 0.1) is 0 Å². The van der Waals surface area contributed by atoms with E-state index in [0.29, 0.717) is 6.04 Å². The van der Waals surface area contributed by atoms with E-state index in [1.165, 1.54) is 15.3 Å². The fourth-order valence-electron chi connectivity index (χ4n) is 2.25. The molecule has 2 aromatic carbocycles. The lowest BCUT2D eigenvalue weighted by atomic mass is 10.0. The maximum absolute atomic E-state index is 4.70. The lowest BCUT2D eigenvalue weighted by molar-refractivity contribution is 0.591. The number of hydrogen-bond donors (Lipinski definition) is 1. The molecule has 0 saturated heterocycles. The summed E-state index contributed by atoms with van der Waals surface area (Å²) < 4.78 is 1.26. The van der Waals surface area contributed by atoms with Gasteiger partial charge in [0.2, 0.25) is 0 Å². The smallest absolute Gasteiger partial charge is 0.0957 e. The van der Waals surface area contributed by atoms with Gasteiger partial charge in [0.1, 0.15) is 0 Å². The maximum Gasteiger partial charge on any atom is 0.0957 e. The molecule has 3 heteroatoms. The number of rotatable bonds is 4. The van der Waals surface area contributed by atoms with Crippen LogP contribution in [0.15, 0.2) is 54.6 Å². The van der Waals surface area contributed by atoms with Crippen LogP contribution in [-0.4, -0.2) is 12.0 Å². The summed E-state index contributed by atoms with van der Waals surface area (Å²) in [5, 5.41) is 4.56. The number of thiazole rings is 1. The second kappa shape index (κ2) is 5.51. The Hall–Kier alpha value is -1.71. The molecular weight excluding hydrogens is 252 g/mol. The van der Waals surface area contributed by atoms with Crippen LogP contribution in [0.2, 0.25) is 0 Å². The van der Waals surface area contributed by atoms with Gasteiger partial charge >= 0.3 is 0 Å². The van der Waals surface area contributed by atoms with Crippen LogP contribution in [0.4, 0.5) is 0 Å². The summed E-state index contributed by atoms with van der Waals surface area (Å²) in [6.45, 7) is 0. The summed E-state index contributed by atoms with van der Waals surface area (Å²) in [5.41, 5.74) is 2.41. The van der Waals surface area contributed by atoms with E-state index in [0.717, 1.165) is 11.9 Å². The standard InChI is InChI=1S/C16H16N2S/c1-17-14(12-7-3-2-4-8-12)11-16-18-13-9-5-6-10-15(13)19-16/h2-10,14,17H,11H2,1H3. The molecule has 0 aliphatic carbocycles. The lowest BCUT2D eigenvalue weighted by Crippen LogP contribution is -2.18. The van der Waals surface area contributed by atoms with Gasteiger partial charge in [-0.2, -0.15) is 0 Å². The predicted molar refractivity (Wildman–Crippen MR) is 81.6 cm³/mol. The Morgan fingerprint density at radius 1 is 1.05 bits per heavy atom. The topological polar surface area (TPSA) is 24.9 Å². The molecule has 0 aliphatic rings. The highest BCUT2D eigenvalue weighted by Gasteiger charge is 2.12. The van der Waals surface area contributed by atoms with Crippen LogP contribution in [0.3, 0.4) is 0 Å². The Balaban J connectivity index is 1.86. The van der Waals surface area contributed by atoms with Crippen molar-refractivity contribution in [2.24, 2.45) is 0 Å². The fraction of sp³-hybridized carbons (Fsp3) is 0.188. The number of nitrogens with zero attached hydrogens (tertiary/aromatic N) is 1. The maximum atomic E-state index is 4.70. The first-order valence-electron chi connectivity index (χ1n) is 6.43. The molecule has 1 N–H and O–H groups in total. The summed E-state index contributed by atoms with van der Waals surface area (Å²) in [6.07, 6.45) is 0.930. The number of hydrogen-bond acceptors (Lipinski definition) is 3. The minimum Gasteiger partial charge on any atom is -0.313 e. The quantitative estimate of drug-likeness (QED) is 0.778. The highest BCUT2D eigenvalue weighted by atomic mass is 32.1. The van der Waals surface area contributed by atoms with Gasteiger partial charge in [0.05, 0.1) is 15.2 Å². The predicted octanol–water partition coefficient (Wildman–Crippen LogP) is 3.80. The second-order valence-electron chi connectivity index (χ2n) is 4.53. The Morgan fingerprint density at radius 2 is 1.79 bits per heavy atom. The molecule has 1 unspecified atom stereocenters. The third kappa shape index (κ3) is 2.67. The molecule has 19 heavy (non-hydrogen) atoms. The number of nitrogens with one attached hydrogen (secondary N) is 1. The molecule has 0 radical (unpaired) electrons. The van der Waals surface area contributed by atoms with Crippen molar-refractivity contribution in [3.63, 3.8) is 0 Å². The van der Waals surface area contributed by atoms with Gasteiger partial charge in [-0.05, 0) is 24.7 Å².